The number of likely N-dealkylation sites (N-methyl/N-ethyl adjacent to an activating group) is 1. The van der Waals surface area contributed by atoms with Crippen LogP contribution in [0.3, 0.4) is 0 Å². The molecule has 418 valence electrons. The van der Waals surface area contributed by atoms with Gasteiger partial charge in [-0.05, 0) is 103 Å². The Hall–Kier alpha value is -3.10. The summed E-state index contributed by atoms with van der Waals surface area (Å²) in [6.45, 7) is 4.66. The molecule has 8 nitrogen and oxygen atoms in total. The van der Waals surface area contributed by atoms with E-state index >= 15 is 0 Å². The molecule has 3 N–H and O–H groups in total. The van der Waals surface area contributed by atoms with Gasteiger partial charge in [0.1, 0.15) is 13.2 Å². The molecule has 0 heterocycles. The van der Waals surface area contributed by atoms with Crippen molar-refractivity contribution in [3.8, 4) is 0 Å². The van der Waals surface area contributed by atoms with Gasteiger partial charge in [0.05, 0.1) is 39.9 Å². The molecule has 3 unspecified atom stereocenters. The summed E-state index contributed by atoms with van der Waals surface area (Å²) in [6.07, 6.45) is 80.2. The predicted octanol–water partition coefficient (Wildman–Crippen LogP) is 18.1. The Bertz CT molecular complexity index is 1600. The van der Waals surface area contributed by atoms with E-state index in [0.717, 1.165) is 89.9 Å². The predicted molar refractivity (Wildman–Crippen MR) is 318 cm³/mol. The number of nitrogens with zero attached hydrogens (tertiary/aromatic N) is 1. The van der Waals surface area contributed by atoms with Crippen molar-refractivity contribution in [2.24, 2.45) is 0 Å². The minimum Gasteiger partial charge on any atom is -0.387 e. The second-order valence-corrected chi connectivity index (χ2v) is 22.1. The van der Waals surface area contributed by atoms with Crippen LogP contribution in [0.1, 0.15) is 226 Å². The normalized spacial score (nSPS) is 14.8. The van der Waals surface area contributed by atoms with E-state index < -0.39 is 20.0 Å². The van der Waals surface area contributed by atoms with Crippen LogP contribution in [0.25, 0.3) is 0 Å². The van der Waals surface area contributed by atoms with E-state index in [0.29, 0.717) is 17.4 Å². The number of unbranched alkanes of at least 4 members (excludes halogenated alkanes) is 21. The van der Waals surface area contributed by atoms with Crippen LogP contribution < -0.4 is 5.32 Å². The van der Waals surface area contributed by atoms with Crippen molar-refractivity contribution in [2.45, 2.75) is 238 Å². The van der Waals surface area contributed by atoms with Gasteiger partial charge < -0.3 is 19.8 Å². The first-order valence-corrected chi connectivity index (χ1v) is 30.9. The highest BCUT2D eigenvalue weighted by molar-refractivity contribution is 7.47. The second-order valence-electron chi connectivity index (χ2n) is 20.6. The van der Waals surface area contributed by atoms with Gasteiger partial charge in [0.25, 0.3) is 0 Å². The van der Waals surface area contributed by atoms with Crippen LogP contribution in [-0.2, 0) is 18.4 Å². The van der Waals surface area contributed by atoms with Crippen molar-refractivity contribution >= 4 is 13.7 Å². The van der Waals surface area contributed by atoms with Gasteiger partial charge in [0.15, 0.2) is 0 Å². The topological polar surface area (TPSA) is 105 Å². The average molecular weight is 1040 g/mol. The first kappa shape index (κ1) is 69.9. The zero-order chi connectivity index (χ0) is 53.5. The molecule has 0 aromatic carbocycles. The molecule has 0 aliphatic heterocycles. The molecule has 0 saturated carbocycles. The monoisotopic (exact) mass is 1040 g/mol. The van der Waals surface area contributed by atoms with E-state index in [-0.39, 0.29) is 19.1 Å². The van der Waals surface area contributed by atoms with Crippen LogP contribution in [0.2, 0.25) is 0 Å². The minimum atomic E-state index is -4.37. The van der Waals surface area contributed by atoms with Gasteiger partial charge in [-0.2, -0.15) is 0 Å². The SMILES string of the molecule is CC/C=C\C/C=C\C/C=C\C/C=C\C/C=C\C/C=C\C/C=C\CCCCCCCCCCCCCC(=O)NC(COP(=O)(O)OCC[N+](C)(C)C)C(O)/C=C/CC/C=C/CC/C=C/CCCCCCCCCC. The lowest BCUT2D eigenvalue weighted by atomic mass is 10.0. The number of hydrogen-bond acceptors (Lipinski definition) is 5. The maximum absolute atomic E-state index is 13.0. The van der Waals surface area contributed by atoms with Gasteiger partial charge in [-0.25, -0.2) is 4.57 Å². The fourth-order valence-corrected chi connectivity index (χ4v) is 8.55. The number of rotatable bonds is 52. The molecule has 3 atom stereocenters. The quantitative estimate of drug-likeness (QED) is 0.0243. The summed E-state index contributed by atoms with van der Waals surface area (Å²) in [4.78, 5) is 23.3. The number of aliphatic hydroxyl groups is 1. The Labute approximate surface area is 450 Å². The Kier molecular flexibility index (Phi) is 51.4. The zero-order valence-electron chi connectivity index (χ0n) is 47.6. The maximum Gasteiger partial charge on any atom is 0.472 e. The molecule has 1 amide bonds. The van der Waals surface area contributed by atoms with E-state index in [2.05, 4.69) is 129 Å². The maximum atomic E-state index is 13.0. The molecule has 0 bridgehead atoms. The van der Waals surface area contributed by atoms with Crippen LogP contribution in [0.4, 0.5) is 0 Å². The van der Waals surface area contributed by atoms with E-state index in [1.807, 2.05) is 27.2 Å². The number of hydrogen-bond donors (Lipinski definition) is 3. The molecule has 0 rings (SSSR count). The summed E-state index contributed by atoms with van der Waals surface area (Å²) in [5.74, 6) is -0.199. The average Bonchev–Trinajstić information content (AvgIpc) is 3.35. The van der Waals surface area contributed by atoms with Crippen molar-refractivity contribution in [2.75, 3.05) is 40.9 Å². The third-order valence-electron chi connectivity index (χ3n) is 12.4. The lowest BCUT2D eigenvalue weighted by Gasteiger charge is -2.25. The van der Waals surface area contributed by atoms with E-state index in [1.165, 1.54) is 116 Å². The van der Waals surface area contributed by atoms with Gasteiger partial charge in [-0.1, -0.05) is 238 Å². The molecule has 0 aromatic heterocycles. The van der Waals surface area contributed by atoms with Crippen molar-refractivity contribution in [1.82, 2.24) is 5.32 Å². The summed E-state index contributed by atoms with van der Waals surface area (Å²) in [5, 5.41) is 13.9. The molecule has 0 radical (unpaired) electrons. The zero-order valence-corrected chi connectivity index (χ0v) is 48.5. The lowest BCUT2D eigenvalue weighted by molar-refractivity contribution is -0.870. The van der Waals surface area contributed by atoms with Crippen LogP contribution in [-0.4, -0.2) is 73.4 Å². The number of amides is 1. The van der Waals surface area contributed by atoms with E-state index in [9.17, 15) is 19.4 Å². The standard InChI is InChI=1S/C64H111N2O6P/c1-6-8-10-12-14-16-18-20-22-24-26-27-28-29-30-31-32-33-34-35-36-37-38-39-40-42-44-46-48-50-52-54-56-58-64(68)65-62(61-72-73(69,70)71-60-59-66(3,4)5)63(67)57-55-53-51-49-47-45-43-41-25-23-21-19-17-15-13-11-9-7-2/h8,10,14,16,20,22,25-27,29-30,32-33,35-36,41,47,49,55,57,62-63,67H,6-7,9,11-13,15,17-19,21,23-24,28,31,34,37-40,42-46,48,50-54,56,58-61H2,1-5H3,(H-,65,68,69,70)/p+1/b10-8-,16-14-,22-20-,27-26-,30-29-,33-32-,36-35-,41-25+,49-47+,57-55+. The fourth-order valence-electron chi connectivity index (χ4n) is 7.82. The van der Waals surface area contributed by atoms with Gasteiger partial charge in [0.2, 0.25) is 5.91 Å². The number of allylic oxidation sites excluding steroid dienone is 19. The largest absolute Gasteiger partial charge is 0.472 e. The molecule has 0 aliphatic carbocycles. The summed E-state index contributed by atoms with van der Waals surface area (Å²) >= 11 is 0. The third kappa shape index (κ3) is 56.5. The number of carbonyl (C=O) groups is 1. The number of carbonyl (C=O) groups excluding carboxylic acids is 1. The van der Waals surface area contributed by atoms with Gasteiger partial charge in [0, 0.05) is 6.42 Å². The molecular formula is C64H112N2O6P+. The fraction of sp³-hybridized carbons (Fsp3) is 0.672. The number of phosphoric ester groups is 1. The first-order chi connectivity index (χ1) is 35.5. The van der Waals surface area contributed by atoms with E-state index in [4.69, 9.17) is 9.05 Å². The molecule has 0 fully saturated rings. The molecule has 73 heavy (non-hydrogen) atoms. The molecular weight excluding hydrogens is 924 g/mol. The molecule has 0 aromatic rings. The second kappa shape index (κ2) is 53.7. The van der Waals surface area contributed by atoms with Crippen molar-refractivity contribution in [3.63, 3.8) is 0 Å². The van der Waals surface area contributed by atoms with Gasteiger partial charge in [-0.15, -0.1) is 0 Å². The summed E-state index contributed by atoms with van der Waals surface area (Å²) < 4.78 is 23.7. The summed E-state index contributed by atoms with van der Waals surface area (Å²) in [7, 11) is 1.53. The number of aliphatic hydroxyl groups excluding tert-OH is 1. The highest BCUT2D eigenvalue weighted by atomic mass is 31.2. The van der Waals surface area contributed by atoms with Crippen molar-refractivity contribution < 1.29 is 32.9 Å². The van der Waals surface area contributed by atoms with Gasteiger partial charge >= 0.3 is 7.82 Å². The van der Waals surface area contributed by atoms with Crippen LogP contribution in [0.5, 0.6) is 0 Å². The summed E-state index contributed by atoms with van der Waals surface area (Å²) in [6, 6.07) is -0.880. The van der Waals surface area contributed by atoms with E-state index in [1.54, 1.807) is 6.08 Å². The Morgan fingerprint density at radius 1 is 0.479 bits per heavy atom. The smallest absolute Gasteiger partial charge is 0.387 e. The van der Waals surface area contributed by atoms with Crippen molar-refractivity contribution in [1.29, 1.82) is 0 Å². The number of phosphoric acid groups is 1. The molecule has 0 saturated heterocycles. The van der Waals surface area contributed by atoms with Crippen LogP contribution in [0.15, 0.2) is 122 Å². The number of nitrogens with one attached hydrogen (secondary N) is 1. The molecule has 0 spiro atoms. The van der Waals surface area contributed by atoms with Crippen molar-refractivity contribution in [3.05, 3.63) is 122 Å². The molecule has 0 aliphatic rings. The third-order valence-corrected chi connectivity index (χ3v) is 13.4. The highest BCUT2D eigenvalue weighted by Crippen LogP contribution is 2.43. The Morgan fingerprint density at radius 3 is 1.26 bits per heavy atom. The number of quaternary nitrogens is 1. The Morgan fingerprint density at radius 2 is 0.836 bits per heavy atom. The lowest BCUT2D eigenvalue weighted by Crippen LogP contribution is -2.45. The van der Waals surface area contributed by atoms with Gasteiger partial charge in [-0.3, -0.25) is 13.8 Å². The Balaban J connectivity index is 4.23. The first-order valence-electron chi connectivity index (χ1n) is 29.4. The van der Waals surface area contributed by atoms with Crippen LogP contribution >= 0.6 is 7.82 Å². The van der Waals surface area contributed by atoms with Crippen LogP contribution in [0, 0.1) is 0 Å². The highest BCUT2D eigenvalue weighted by Gasteiger charge is 2.27. The molecule has 9 heteroatoms. The minimum absolute atomic E-state index is 0.0472. The summed E-state index contributed by atoms with van der Waals surface area (Å²) in [5.41, 5.74) is 0.